The van der Waals surface area contributed by atoms with Crippen LogP contribution in [0, 0.1) is 11.8 Å². The van der Waals surface area contributed by atoms with Crippen LogP contribution >= 0.6 is 0 Å². The van der Waals surface area contributed by atoms with Gasteiger partial charge in [0.15, 0.2) is 0 Å². The summed E-state index contributed by atoms with van der Waals surface area (Å²) in [6.07, 6.45) is 11.1. The van der Waals surface area contributed by atoms with Gasteiger partial charge in [0, 0.05) is 13.2 Å². The predicted molar refractivity (Wildman–Crippen MR) is 78.9 cm³/mol. The van der Waals surface area contributed by atoms with E-state index in [1.807, 2.05) is 7.11 Å². The van der Waals surface area contributed by atoms with E-state index >= 15 is 0 Å². The third-order valence-corrected chi connectivity index (χ3v) is 4.43. The quantitative estimate of drug-likeness (QED) is 0.672. The number of unbranched alkanes of at least 4 members (excludes halogenated alkanes) is 1. The molecule has 0 heterocycles. The van der Waals surface area contributed by atoms with Gasteiger partial charge >= 0.3 is 0 Å². The summed E-state index contributed by atoms with van der Waals surface area (Å²) >= 11 is 0. The first-order valence-corrected chi connectivity index (χ1v) is 8.04. The summed E-state index contributed by atoms with van der Waals surface area (Å²) in [4.78, 5) is 0. The molecule has 0 aromatic heterocycles. The van der Waals surface area contributed by atoms with E-state index < -0.39 is 0 Å². The van der Waals surface area contributed by atoms with Crippen molar-refractivity contribution in [3.8, 4) is 0 Å². The van der Waals surface area contributed by atoms with Crippen molar-refractivity contribution in [1.29, 1.82) is 0 Å². The van der Waals surface area contributed by atoms with Gasteiger partial charge in [0.25, 0.3) is 0 Å². The highest BCUT2D eigenvalue weighted by molar-refractivity contribution is 4.81. The average molecular weight is 255 g/mol. The molecule has 18 heavy (non-hydrogen) atoms. The molecule has 108 valence electrons. The molecule has 0 spiro atoms. The van der Waals surface area contributed by atoms with Gasteiger partial charge in [-0.15, -0.1) is 0 Å². The number of ether oxygens (including phenoxy) is 1. The number of rotatable bonds is 9. The highest BCUT2D eigenvalue weighted by Crippen LogP contribution is 2.33. The summed E-state index contributed by atoms with van der Waals surface area (Å²) < 4.78 is 5.38. The van der Waals surface area contributed by atoms with E-state index in [1.165, 1.54) is 51.4 Å². The zero-order chi connectivity index (χ0) is 13.2. The number of hydrogen-bond donors (Lipinski definition) is 1. The maximum atomic E-state index is 5.38. The first-order chi connectivity index (χ1) is 8.81. The third kappa shape index (κ3) is 5.71. The summed E-state index contributed by atoms with van der Waals surface area (Å²) in [7, 11) is 1.83. The molecule has 1 aliphatic rings. The van der Waals surface area contributed by atoms with E-state index in [4.69, 9.17) is 4.74 Å². The number of nitrogens with one attached hydrogen (secondary N) is 1. The minimum Gasteiger partial charge on any atom is -0.383 e. The second kappa shape index (κ2) is 9.80. The standard InChI is InChI=1S/C16H33NO/c1-4-6-7-14-8-10-15(11-9-14)16(13-18-3)17-12-5-2/h14-17H,4-13H2,1-3H3. The molecule has 1 N–H and O–H groups in total. The van der Waals surface area contributed by atoms with Crippen LogP contribution in [0.3, 0.4) is 0 Å². The Morgan fingerprint density at radius 3 is 2.39 bits per heavy atom. The Morgan fingerprint density at radius 1 is 1.11 bits per heavy atom. The molecule has 0 radical (unpaired) electrons. The fraction of sp³-hybridized carbons (Fsp3) is 1.00. The summed E-state index contributed by atoms with van der Waals surface area (Å²) in [6, 6.07) is 0.585. The van der Waals surface area contributed by atoms with Gasteiger partial charge in [0.2, 0.25) is 0 Å². The first-order valence-electron chi connectivity index (χ1n) is 8.04. The first kappa shape index (κ1) is 16.0. The lowest BCUT2D eigenvalue weighted by atomic mass is 9.77. The Balaban J connectivity index is 2.28. The molecule has 1 fully saturated rings. The molecule has 0 aromatic rings. The van der Waals surface area contributed by atoms with Crippen molar-refractivity contribution in [3.05, 3.63) is 0 Å². The SMILES string of the molecule is CCCCC1CCC(C(COC)NCCC)CC1. The van der Waals surface area contributed by atoms with Gasteiger partial charge in [-0.1, -0.05) is 46.0 Å². The van der Waals surface area contributed by atoms with Gasteiger partial charge in [-0.05, 0) is 37.6 Å². The molecule has 1 atom stereocenters. The summed E-state index contributed by atoms with van der Waals surface area (Å²) in [5, 5.41) is 3.67. The lowest BCUT2D eigenvalue weighted by Crippen LogP contribution is -2.41. The van der Waals surface area contributed by atoms with Crippen LogP contribution in [-0.2, 0) is 4.74 Å². The molecule has 1 unspecified atom stereocenters. The molecule has 0 aromatic carbocycles. The largest absolute Gasteiger partial charge is 0.383 e. The zero-order valence-electron chi connectivity index (χ0n) is 12.7. The zero-order valence-corrected chi connectivity index (χ0v) is 12.7. The van der Waals surface area contributed by atoms with Crippen molar-refractivity contribution in [2.75, 3.05) is 20.3 Å². The van der Waals surface area contributed by atoms with E-state index in [0.717, 1.165) is 25.0 Å². The molecule has 0 saturated heterocycles. The third-order valence-electron chi connectivity index (χ3n) is 4.43. The lowest BCUT2D eigenvalue weighted by Gasteiger charge is -2.34. The predicted octanol–water partition coefficient (Wildman–Crippen LogP) is 4.00. The van der Waals surface area contributed by atoms with Crippen molar-refractivity contribution >= 4 is 0 Å². The summed E-state index contributed by atoms with van der Waals surface area (Å²) in [6.45, 7) is 6.54. The Kier molecular flexibility index (Phi) is 8.70. The van der Waals surface area contributed by atoms with E-state index in [1.54, 1.807) is 0 Å². The highest BCUT2D eigenvalue weighted by Gasteiger charge is 2.26. The molecule has 1 rings (SSSR count). The fourth-order valence-corrected chi connectivity index (χ4v) is 3.24. The van der Waals surface area contributed by atoms with Crippen molar-refractivity contribution < 1.29 is 4.74 Å². The van der Waals surface area contributed by atoms with Gasteiger partial charge in [-0.25, -0.2) is 0 Å². The Bertz CT molecular complexity index is 188. The Labute approximate surface area is 114 Å². The summed E-state index contributed by atoms with van der Waals surface area (Å²) in [5.74, 6) is 1.85. The molecule has 0 aliphatic heterocycles. The molecular formula is C16H33NO. The minimum atomic E-state index is 0.585. The van der Waals surface area contributed by atoms with Crippen LogP contribution in [0.2, 0.25) is 0 Å². The average Bonchev–Trinajstić information content (AvgIpc) is 2.42. The maximum absolute atomic E-state index is 5.38. The molecule has 2 nitrogen and oxygen atoms in total. The lowest BCUT2D eigenvalue weighted by molar-refractivity contribution is 0.115. The smallest absolute Gasteiger partial charge is 0.0618 e. The normalized spacial score (nSPS) is 26.2. The summed E-state index contributed by atoms with van der Waals surface area (Å²) in [5.41, 5.74) is 0. The minimum absolute atomic E-state index is 0.585. The van der Waals surface area contributed by atoms with Crippen LogP contribution in [-0.4, -0.2) is 26.3 Å². The molecule has 1 aliphatic carbocycles. The molecule has 0 bridgehead atoms. The van der Waals surface area contributed by atoms with Crippen LogP contribution in [0.5, 0.6) is 0 Å². The van der Waals surface area contributed by atoms with E-state index in [2.05, 4.69) is 19.2 Å². The van der Waals surface area contributed by atoms with Gasteiger partial charge in [-0.2, -0.15) is 0 Å². The monoisotopic (exact) mass is 255 g/mol. The van der Waals surface area contributed by atoms with E-state index in [0.29, 0.717) is 6.04 Å². The van der Waals surface area contributed by atoms with Gasteiger partial charge in [-0.3, -0.25) is 0 Å². The van der Waals surface area contributed by atoms with Crippen molar-refractivity contribution in [2.45, 2.75) is 71.3 Å². The topological polar surface area (TPSA) is 21.3 Å². The van der Waals surface area contributed by atoms with Crippen LogP contribution in [0.1, 0.15) is 65.2 Å². The van der Waals surface area contributed by atoms with Gasteiger partial charge in [0.1, 0.15) is 0 Å². The molecule has 0 amide bonds. The van der Waals surface area contributed by atoms with E-state index in [-0.39, 0.29) is 0 Å². The second-order valence-electron chi connectivity index (χ2n) is 5.94. The number of hydrogen-bond acceptors (Lipinski definition) is 2. The van der Waals surface area contributed by atoms with Crippen molar-refractivity contribution in [2.24, 2.45) is 11.8 Å². The van der Waals surface area contributed by atoms with Crippen molar-refractivity contribution in [1.82, 2.24) is 5.32 Å². The Morgan fingerprint density at radius 2 is 1.83 bits per heavy atom. The van der Waals surface area contributed by atoms with Crippen LogP contribution in [0.25, 0.3) is 0 Å². The van der Waals surface area contributed by atoms with E-state index in [9.17, 15) is 0 Å². The van der Waals surface area contributed by atoms with Gasteiger partial charge < -0.3 is 10.1 Å². The van der Waals surface area contributed by atoms with Gasteiger partial charge in [0.05, 0.1) is 6.61 Å². The molecule has 1 saturated carbocycles. The maximum Gasteiger partial charge on any atom is 0.0618 e. The molecular weight excluding hydrogens is 222 g/mol. The van der Waals surface area contributed by atoms with Crippen LogP contribution < -0.4 is 5.32 Å². The van der Waals surface area contributed by atoms with Crippen LogP contribution in [0.4, 0.5) is 0 Å². The van der Waals surface area contributed by atoms with Crippen molar-refractivity contribution in [3.63, 3.8) is 0 Å². The fourth-order valence-electron chi connectivity index (χ4n) is 3.24. The molecule has 2 heteroatoms. The second-order valence-corrected chi connectivity index (χ2v) is 5.94. The highest BCUT2D eigenvalue weighted by atomic mass is 16.5. The van der Waals surface area contributed by atoms with Crippen LogP contribution in [0.15, 0.2) is 0 Å². The Hall–Kier alpha value is -0.0800. The number of methoxy groups -OCH3 is 1.